The molecule has 2 aromatic rings. The summed E-state index contributed by atoms with van der Waals surface area (Å²) in [6.07, 6.45) is 0. The maximum absolute atomic E-state index is 6.61. The minimum absolute atomic E-state index is 0.290. The van der Waals surface area contributed by atoms with Crippen LogP contribution in [0, 0.1) is 6.92 Å². The Kier molecular flexibility index (Phi) is 5.36. The highest BCUT2D eigenvalue weighted by Gasteiger charge is 2.17. The first kappa shape index (κ1) is 15.7. The molecular formula is C16H15BrCl2O. The Labute approximate surface area is 138 Å². The molecule has 0 aromatic heterocycles. The molecule has 0 saturated carbocycles. The number of alkyl halides is 1. The highest BCUT2D eigenvalue weighted by atomic mass is 79.9. The molecular weight excluding hydrogens is 359 g/mol. The molecule has 1 nitrogen and oxygen atoms in total. The van der Waals surface area contributed by atoms with Crippen LogP contribution in [0.2, 0.25) is 5.02 Å². The van der Waals surface area contributed by atoms with Crippen LogP contribution in [0.3, 0.4) is 0 Å². The van der Waals surface area contributed by atoms with Crippen LogP contribution in [0.4, 0.5) is 0 Å². The van der Waals surface area contributed by atoms with Crippen molar-refractivity contribution in [3.8, 4) is 5.75 Å². The molecule has 2 aromatic carbocycles. The third-order valence-corrected chi connectivity index (χ3v) is 4.69. The molecule has 0 saturated heterocycles. The summed E-state index contributed by atoms with van der Waals surface area (Å²) in [6, 6.07) is 11.8. The predicted molar refractivity (Wildman–Crippen MR) is 89.2 cm³/mol. The van der Waals surface area contributed by atoms with Crippen molar-refractivity contribution in [1.82, 2.24) is 0 Å². The van der Waals surface area contributed by atoms with E-state index in [-0.39, 0.29) is 5.38 Å². The zero-order valence-electron chi connectivity index (χ0n) is 11.3. The quantitative estimate of drug-likeness (QED) is 0.585. The first-order valence-electron chi connectivity index (χ1n) is 6.35. The number of ether oxygens (including phenoxy) is 1. The summed E-state index contributed by atoms with van der Waals surface area (Å²) < 4.78 is 6.52. The SMILES string of the molecule is CCOc1ccc(C)cc1C(Cl)c1ccc(Br)c(Cl)c1. The van der Waals surface area contributed by atoms with E-state index in [1.807, 2.05) is 44.2 Å². The van der Waals surface area contributed by atoms with E-state index in [0.717, 1.165) is 26.9 Å². The summed E-state index contributed by atoms with van der Waals surface area (Å²) in [5.74, 6) is 0.817. The van der Waals surface area contributed by atoms with Gasteiger partial charge in [0.15, 0.2) is 0 Å². The summed E-state index contributed by atoms with van der Waals surface area (Å²) in [5.41, 5.74) is 3.07. The van der Waals surface area contributed by atoms with E-state index in [1.54, 1.807) is 0 Å². The predicted octanol–water partition coefficient (Wildman–Crippen LogP) is 6.14. The smallest absolute Gasteiger partial charge is 0.124 e. The van der Waals surface area contributed by atoms with E-state index in [2.05, 4.69) is 22.0 Å². The summed E-state index contributed by atoms with van der Waals surface area (Å²) in [7, 11) is 0. The van der Waals surface area contributed by atoms with E-state index in [4.69, 9.17) is 27.9 Å². The molecule has 0 aliphatic rings. The van der Waals surface area contributed by atoms with E-state index in [1.165, 1.54) is 0 Å². The lowest BCUT2D eigenvalue weighted by atomic mass is 10.0. The van der Waals surface area contributed by atoms with E-state index >= 15 is 0 Å². The number of aryl methyl sites for hydroxylation is 1. The first-order valence-corrected chi connectivity index (χ1v) is 7.96. The maximum Gasteiger partial charge on any atom is 0.124 e. The van der Waals surface area contributed by atoms with Gasteiger partial charge in [0.2, 0.25) is 0 Å². The number of hydrogen-bond donors (Lipinski definition) is 0. The van der Waals surface area contributed by atoms with Crippen molar-refractivity contribution in [2.75, 3.05) is 6.61 Å². The van der Waals surface area contributed by atoms with Gasteiger partial charge in [-0.3, -0.25) is 0 Å². The highest BCUT2D eigenvalue weighted by molar-refractivity contribution is 9.10. The van der Waals surface area contributed by atoms with Gasteiger partial charge in [-0.25, -0.2) is 0 Å². The van der Waals surface area contributed by atoms with Gasteiger partial charge in [-0.2, -0.15) is 0 Å². The van der Waals surface area contributed by atoms with Gasteiger partial charge in [-0.1, -0.05) is 35.4 Å². The molecule has 0 N–H and O–H groups in total. The van der Waals surface area contributed by atoms with Gasteiger partial charge < -0.3 is 4.74 Å². The molecule has 4 heteroatoms. The van der Waals surface area contributed by atoms with Gasteiger partial charge in [-0.15, -0.1) is 11.6 Å². The average Bonchev–Trinajstić information content (AvgIpc) is 2.43. The summed E-state index contributed by atoms with van der Waals surface area (Å²) >= 11 is 16.1. The summed E-state index contributed by atoms with van der Waals surface area (Å²) in [6.45, 7) is 4.61. The lowest BCUT2D eigenvalue weighted by Gasteiger charge is -2.16. The lowest BCUT2D eigenvalue weighted by molar-refractivity contribution is 0.337. The van der Waals surface area contributed by atoms with Crippen molar-refractivity contribution in [2.45, 2.75) is 19.2 Å². The Bertz CT molecular complexity index is 613. The Balaban J connectivity index is 2.43. The second-order valence-corrected chi connectivity index (χ2v) is 6.21. The fraction of sp³-hybridized carbons (Fsp3) is 0.250. The van der Waals surface area contributed by atoms with Crippen molar-refractivity contribution in [2.24, 2.45) is 0 Å². The fourth-order valence-corrected chi connectivity index (χ4v) is 2.74. The van der Waals surface area contributed by atoms with Gasteiger partial charge in [0, 0.05) is 10.0 Å². The summed E-state index contributed by atoms with van der Waals surface area (Å²) in [4.78, 5) is 0. The van der Waals surface area contributed by atoms with Crippen molar-refractivity contribution in [3.05, 3.63) is 62.6 Å². The van der Waals surface area contributed by atoms with Crippen LogP contribution in [-0.4, -0.2) is 6.61 Å². The van der Waals surface area contributed by atoms with Crippen LogP contribution >= 0.6 is 39.1 Å². The van der Waals surface area contributed by atoms with Gasteiger partial charge >= 0.3 is 0 Å². The zero-order valence-corrected chi connectivity index (χ0v) is 14.4. The number of hydrogen-bond acceptors (Lipinski definition) is 1. The fourth-order valence-electron chi connectivity index (χ4n) is 2.00. The molecule has 2 rings (SSSR count). The molecule has 0 amide bonds. The number of rotatable bonds is 4. The van der Waals surface area contributed by atoms with Gasteiger partial charge in [0.05, 0.1) is 17.0 Å². The second kappa shape index (κ2) is 6.84. The molecule has 0 aliphatic heterocycles. The Hall–Kier alpha value is -0.700. The van der Waals surface area contributed by atoms with Crippen LogP contribution in [0.25, 0.3) is 0 Å². The van der Waals surface area contributed by atoms with Crippen LogP contribution < -0.4 is 4.74 Å². The zero-order chi connectivity index (χ0) is 14.7. The van der Waals surface area contributed by atoms with Gasteiger partial charge in [0.25, 0.3) is 0 Å². The van der Waals surface area contributed by atoms with Crippen LogP contribution in [-0.2, 0) is 0 Å². The van der Waals surface area contributed by atoms with E-state index < -0.39 is 0 Å². The maximum atomic E-state index is 6.61. The normalized spacial score (nSPS) is 12.2. The Morgan fingerprint density at radius 1 is 1.20 bits per heavy atom. The highest BCUT2D eigenvalue weighted by Crippen LogP contribution is 2.37. The molecule has 1 atom stereocenters. The largest absolute Gasteiger partial charge is 0.494 e. The number of halogens is 3. The first-order chi connectivity index (χ1) is 9.52. The standard InChI is InChI=1S/C16H15BrCl2O/c1-3-20-15-7-4-10(2)8-12(15)16(19)11-5-6-13(17)14(18)9-11/h4-9,16H,3H2,1-2H3. The minimum atomic E-state index is -0.290. The van der Waals surface area contributed by atoms with E-state index in [9.17, 15) is 0 Å². The van der Waals surface area contributed by atoms with Crippen LogP contribution in [0.15, 0.2) is 40.9 Å². The van der Waals surface area contributed by atoms with Crippen molar-refractivity contribution >= 4 is 39.1 Å². The van der Waals surface area contributed by atoms with E-state index in [0.29, 0.717) is 11.6 Å². The third kappa shape index (κ3) is 3.49. The van der Waals surface area contributed by atoms with Gasteiger partial charge in [-0.05, 0) is 53.5 Å². The molecule has 0 aliphatic carbocycles. The van der Waals surface area contributed by atoms with Crippen molar-refractivity contribution < 1.29 is 4.74 Å². The minimum Gasteiger partial charge on any atom is -0.494 e. The second-order valence-electron chi connectivity index (χ2n) is 4.51. The van der Waals surface area contributed by atoms with Crippen LogP contribution in [0.5, 0.6) is 5.75 Å². The Morgan fingerprint density at radius 3 is 2.60 bits per heavy atom. The number of benzene rings is 2. The molecule has 20 heavy (non-hydrogen) atoms. The molecule has 0 fully saturated rings. The molecule has 1 unspecified atom stereocenters. The lowest BCUT2D eigenvalue weighted by Crippen LogP contribution is -2.01. The van der Waals surface area contributed by atoms with Crippen LogP contribution in [0.1, 0.15) is 29.0 Å². The van der Waals surface area contributed by atoms with Gasteiger partial charge in [0.1, 0.15) is 5.75 Å². The Morgan fingerprint density at radius 2 is 1.95 bits per heavy atom. The molecule has 0 spiro atoms. The molecule has 0 bridgehead atoms. The molecule has 0 heterocycles. The molecule has 106 valence electrons. The third-order valence-electron chi connectivity index (χ3n) is 2.97. The monoisotopic (exact) mass is 372 g/mol. The van der Waals surface area contributed by atoms with Crippen molar-refractivity contribution in [3.63, 3.8) is 0 Å². The topological polar surface area (TPSA) is 9.23 Å². The molecule has 0 radical (unpaired) electrons. The van der Waals surface area contributed by atoms with Crippen molar-refractivity contribution in [1.29, 1.82) is 0 Å². The summed E-state index contributed by atoms with van der Waals surface area (Å²) in [5, 5.41) is 0.362. The average molecular weight is 374 g/mol.